The van der Waals surface area contributed by atoms with Crippen molar-refractivity contribution in [1.82, 2.24) is 0 Å². The normalized spacial score (nSPS) is 11.9. The zero-order valence-electron chi connectivity index (χ0n) is 41.6. The molecule has 0 saturated carbocycles. The first-order chi connectivity index (χ1) is 37.8. The molecule has 0 radical (unpaired) electrons. The lowest BCUT2D eigenvalue weighted by molar-refractivity contribution is 1.59. The van der Waals surface area contributed by atoms with Crippen LogP contribution in [0.25, 0.3) is 165 Å². The highest BCUT2D eigenvalue weighted by Crippen LogP contribution is 2.62. The topological polar surface area (TPSA) is 0 Å². The van der Waals surface area contributed by atoms with Gasteiger partial charge in [0.1, 0.15) is 0 Å². The van der Waals surface area contributed by atoms with Gasteiger partial charge in [0, 0.05) is 0 Å². The van der Waals surface area contributed by atoms with Gasteiger partial charge in [0.25, 0.3) is 0 Å². The van der Waals surface area contributed by atoms with Crippen molar-refractivity contribution in [3.63, 3.8) is 0 Å². The predicted octanol–water partition coefficient (Wildman–Crippen LogP) is 21.3. The van der Waals surface area contributed by atoms with E-state index in [0.29, 0.717) is 0 Å². The molecule has 2 aliphatic rings. The Balaban J connectivity index is 0.981. The first-order valence-corrected chi connectivity index (χ1v) is 26.5. The van der Waals surface area contributed by atoms with Crippen LogP contribution in [-0.2, 0) is 0 Å². The minimum atomic E-state index is 1.21. The second-order valence-electron chi connectivity index (χ2n) is 20.4. The molecule has 0 bridgehead atoms. The molecule has 0 aliphatic heterocycles. The van der Waals surface area contributed by atoms with E-state index in [0.717, 1.165) is 0 Å². The molecule has 0 heteroatoms. The summed E-state index contributed by atoms with van der Waals surface area (Å²) in [6.07, 6.45) is 0. The van der Waals surface area contributed by atoms with E-state index < -0.39 is 0 Å². The van der Waals surface area contributed by atoms with Crippen LogP contribution >= 0.6 is 0 Å². The molecule has 350 valence electrons. The van der Waals surface area contributed by atoms with Gasteiger partial charge in [0.05, 0.1) is 0 Å². The van der Waals surface area contributed by atoms with E-state index in [-0.39, 0.29) is 0 Å². The van der Waals surface area contributed by atoms with Crippen LogP contribution in [-0.4, -0.2) is 0 Å². The van der Waals surface area contributed by atoms with Crippen molar-refractivity contribution in [2.24, 2.45) is 0 Å². The fourth-order valence-electron chi connectivity index (χ4n) is 13.6. The monoisotopic (exact) mass is 958 g/mol. The number of benzene rings is 14. The van der Waals surface area contributed by atoms with Crippen molar-refractivity contribution in [2.45, 2.75) is 0 Å². The highest BCUT2D eigenvalue weighted by Gasteiger charge is 2.35. The Kier molecular flexibility index (Phi) is 9.44. The quantitative estimate of drug-likeness (QED) is 0.149. The van der Waals surface area contributed by atoms with Crippen LogP contribution in [0, 0.1) is 0 Å². The second-order valence-corrected chi connectivity index (χ2v) is 20.4. The van der Waals surface area contributed by atoms with E-state index in [2.05, 4.69) is 279 Å². The standard InChI is InChI=1S/C76H46/c1-5-23-47(24-6-1)51-31-13-15-33-55(51)71-61-37-19-17-35-59(61)67(49-27-9-3-10-28-49)73-63-41-21-39-57-53(43-45-65(69(57)63)75(71)73)54-44-46-66-70-58(54)40-22-42-64(70)74-68(50-29-11-4-12-30-50)60-36-18-20-38-62(60)72(76(66)74)56-34-16-14-32-52(56)48-25-7-2-8-26-48/h1-46H. The summed E-state index contributed by atoms with van der Waals surface area (Å²) in [5.74, 6) is 0. The first kappa shape index (κ1) is 42.6. The molecule has 76 heavy (non-hydrogen) atoms. The molecule has 16 rings (SSSR count). The van der Waals surface area contributed by atoms with E-state index in [4.69, 9.17) is 0 Å². The molecule has 0 nitrogen and oxygen atoms in total. The van der Waals surface area contributed by atoms with Crippen LogP contribution in [0.4, 0.5) is 0 Å². The summed E-state index contributed by atoms with van der Waals surface area (Å²) in [6.45, 7) is 0. The van der Waals surface area contributed by atoms with Crippen LogP contribution in [0.2, 0.25) is 0 Å². The van der Waals surface area contributed by atoms with Gasteiger partial charge in [-0.25, -0.2) is 0 Å². The summed E-state index contributed by atoms with van der Waals surface area (Å²) in [4.78, 5) is 0. The summed E-state index contributed by atoms with van der Waals surface area (Å²) in [6, 6.07) is 104. The van der Waals surface area contributed by atoms with Crippen molar-refractivity contribution in [3.05, 3.63) is 279 Å². The Bertz CT molecular complexity index is 4400. The van der Waals surface area contributed by atoms with E-state index in [9.17, 15) is 0 Å². The molecule has 0 fully saturated rings. The van der Waals surface area contributed by atoms with Crippen LogP contribution in [0.15, 0.2) is 279 Å². The van der Waals surface area contributed by atoms with Gasteiger partial charge in [-0.2, -0.15) is 0 Å². The van der Waals surface area contributed by atoms with E-state index in [1.165, 1.54) is 165 Å². The van der Waals surface area contributed by atoms with Crippen molar-refractivity contribution in [1.29, 1.82) is 0 Å². The molecule has 0 aromatic heterocycles. The zero-order chi connectivity index (χ0) is 49.8. The number of fused-ring (bicyclic) bond motifs is 8. The van der Waals surface area contributed by atoms with Gasteiger partial charge in [-0.1, -0.05) is 279 Å². The van der Waals surface area contributed by atoms with Crippen LogP contribution < -0.4 is 0 Å². The van der Waals surface area contributed by atoms with E-state index in [1.54, 1.807) is 0 Å². The largest absolute Gasteiger partial charge is 0.0622 e. The fraction of sp³-hybridized carbons (Fsp3) is 0. The smallest absolute Gasteiger partial charge is 0.000719 e. The Hall–Kier alpha value is -9.88. The molecular weight excluding hydrogens is 913 g/mol. The minimum absolute atomic E-state index is 1.21. The Morgan fingerprint density at radius 3 is 0.750 bits per heavy atom. The average molecular weight is 959 g/mol. The lowest BCUT2D eigenvalue weighted by Crippen LogP contribution is -1.95. The lowest BCUT2D eigenvalue weighted by atomic mass is 9.81. The maximum Gasteiger partial charge on any atom is -0.000719 e. The molecule has 14 aromatic rings. The molecule has 0 unspecified atom stereocenters. The number of rotatable bonds is 7. The fourth-order valence-corrected chi connectivity index (χ4v) is 13.6. The third-order valence-corrected chi connectivity index (χ3v) is 16.6. The first-order valence-electron chi connectivity index (χ1n) is 26.5. The third-order valence-electron chi connectivity index (χ3n) is 16.6. The molecule has 0 N–H and O–H groups in total. The van der Waals surface area contributed by atoms with Gasteiger partial charge >= 0.3 is 0 Å². The molecule has 2 aliphatic carbocycles. The molecule has 14 aromatic carbocycles. The summed E-state index contributed by atoms with van der Waals surface area (Å²) in [5.41, 5.74) is 27.8. The lowest BCUT2D eigenvalue weighted by Gasteiger charge is -2.22. The van der Waals surface area contributed by atoms with Gasteiger partial charge < -0.3 is 0 Å². The van der Waals surface area contributed by atoms with Crippen molar-refractivity contribution < 1.29 is 0 Å². The summed E-state index contributed by atoms with van der Waals surface area (Å²) >= 11 is 0. The Morgan fingerprint density at radius 1 is 0.118 bits per heavy atom. The molecule has 0 saturated heterocycles. The Labute approximate surface area is 442 Å². The summed E-state index contributed by atoms with van der Waals surface area (Å²) < 4.78 is 0. The maximum absolute atomic E-state index is 2.45. The number of hydrogen-bond donors (Lipinski definition) is 0. The third kappa shape index (κ3) is 6.13. The van der Waals surface area contributed by atoms with E-state index in [1.807, 2.05) is 0 Å². The van der Waals surface area contributed by atoms with Gasteiger partial charge in [0.15, 0.2) is 0 Å². The van der Waals surface area contributed by atoms with Crippen LogP contribution in [0.1, 0.15) is 0 Å². The Morgan fingerprint density at radius 2 is 0.368 bits per heavy atom. The van der Waals surface area contributed by atoms with Crippen LogP contribution in [0.5, 0.6) is 0 Å². The van der Waals surface area contributed by atoms with Gasteiger partial charge in [-0.15, -0.1) is 0 Å². The zero-order valence-corrected chi connectivity index (χ0v) is 41.6. The summed E-state index contributed by atoms with van der Waals surface area (Å²) in [5, 5.41) is 10.2. The SMILES string of the molecule is c1ccc(-c2ccccc2-c2c3c(c(-c4ccccc4)c4ccccc24)-c2cccc4c(-c5ccc6c7c(cccc57)-c5c-6c(-c6ccccc6-c6ccccc6)c6ccccc6c5-c5ccccc5)ccc-3c24)cc1. The molecule has 0 spiro atoms. The van der Waals surface area contributed by atoms with Gasteiger partial charge in [-0.05, 0) is 165 Å². The van der Waals surface area contributed by atoms with Crippen molar-refractivity contribution >= 4 is 43.1 Å². The van der Waals surface area contributed by atoms with Gasteiger partial charge in [0.2, 0.25) is 0 Å². The maximum atomic E-state index is 2.45. The van der Waals surface area contributed by atoms with Crippen molar-refractivity contribution in [3.8, 4) is 122 Å². The molecular formula is C76H46. The summed E-state index contributed by atoms with van der Waals surface area (Å²) in [7, 11) is 0. The van der Waals surface area contributed by atoms with Crippen LogP contribution in [0.3, 0.4) is 0 Å². The van der Waals surface area contributed by atoms with Crippen molar-refractivity contribution in [2.75, 3.05) is 0 Å². The van der Waals surface area contributed by atoms with Gasteiger partial charge in [-0.3, -0.25) is 0 Å². The second kappa shape index (κ2) is 16.8. The predicted molar refractivity (Wildman–Crippen MR) is 323 cm³/mol. The minimum Gasteiger partial charge on any atom is -0.0622 e. The average Bonchev–Trinajstić information content (AvgIpc) is 4.18. The highest BCUT2D eigenvalue weighted by atomic mass is 14.4. The highest BCUT2D eigenvalue weighted by molar-refractivity contribution is 6.32. The molecule has 0 amide bonds. The molecule has 0 heterocycles. The van der Waals surface area contributed by atoms with E-state index >= 15 is 0 Å². The number of hydrogen-bond acceptors (Lipinski definition) is 0. The molecule has 0 atom stereocenters.